The number of carbonyl (C=O) groups is 3. The van der Waals surface area contributed by atoms with Crippen LogP contribution in [0, 0.1) is 0 Å². The third-order valence-corrected chi connectivity index (χ3v) is 11.9. The first kappa shape index (κ1) is 56.4. The van der Waals surface area contributed by atoms with Gasteiger partial charge in [0.1, 0.15) is 13.2 Å². The van der Waals surface area contributed by atoms with E-state index in [9.17, 15) is 14.4 Å². The Kier molecular flexibility index (Phi) is 46.8. The van der Waals surface area contributed by atoms with Crippen LogP contribution < -0.4 is 0 Å². The molecule has 344 valence electrons. The maximum absolute atomic E-state index is 12.7. The fourth-order valence-corrected chi connectivity index (χ4v) is 7.92. The smallest absolute Gasteiger partial charge is 0.306 e. The Morgan fingerprint density at radius 3 is 0.690 bits per heavy atom. The number of hydrogen-bond donors (Lipinski definition) is 0. The molecular formula is C52H100O6. The molecule has 0 aromatic heterocycles. The highest BCUT2D eigenvalue weighted by Gasteiger charge is 2.19. The standard InChI is InChI=1S/C52H100O6/c1-4-7-10-13-16-19-21-23-25-26-27-28-30-31-33-36-39-42-45-51(54)57-48-49(47-56-50(53)44-41-38-35-18-15-12-9-6-3)58-52(55)46-43-40-37-34-32-29-24-22-20-17-14-11-8-5-2/h49H,4-48H2,1-3H3. The normalized spacial score (nSPS) is 11.8. The third kappa shape index (κ3) is 45.5. The van der Waals surface area contributed by atoms with Crippen molar-refractivity contribution in [3.8, 4) is 0 Å². The van der Waals surface area contributed by atoms with E-state index in [0.717, 1.165) is 57.8 Å². The highest BCUT2D eigenvalue weighted by Crippen LogP contribution is 2.17. The van der Waals surface area contributed by atoms with Crippen molar-refractivity contribution in [2.45, 2.75) is 303 Å². The SMILES string of the molecule is CCCCCCCCCCCCCCCCCCCCC(=O)OCC(COC(=O)CCCCCCCCCC)OC(=O)CCCCCCCCCCCCCCCC. The summed E-state index contributed by atoms with van der Waals surface area (Å²) in [4.78, 5) is 37.8. The summed E-state index contributed by atoms with van der Waals surface area (Å²) in [5.41, 5.74) is 0. The van der Waals surface area contributed by atoms with Crippen LogP contribution in [0.4, 0.5) is 0 Å². The summed E-state index contributed by atoms with van der Waals surface area (Å²) in [6.45, 7) is 6.66. The van der Waals surface area contributed by atoms with Crippen molar-refractivity contribution in [1.82, 2.24) is 0 Å². The van der Waals surface area contributed by atoms with Crippen LogP contribution in [0.5, 0.6) is 0 Å². The van der Waals surface area contributed by atoms with Crippen molar-refractivity contribution in [3.63, 3.8) is 0 Å². The first-order chi connectivity index (χ1) is 28.5. The van der Waals surface area contributed by atoms with E-state index in [0.29, 0.717) is 19.3 Å². The van der Waals surface area contributed by atoms with E-state index in [1.807, 2.05) is 0 Å². The van der Waals surface area contributed by atoms with E-state index >= 15 is 0 Å². The van der Waals surface area contributed by atoms with Gasteiger partial charge in [0, 0.05) is 19.3 Å². The maximum Gasteiger partial charge on any atom is 0.306 e. The lowest BCUT2D eigenvalue weighted by atomic mass is 10.0. The van der Waals surface area contributed by atoms with E-state index < -0.39 is 6.10 Å². The molecule has 0 heterocycles. The lowest BCUT2D eigenvalue weighted by molar-refractivity contribution is -0.167. The largest absolute Gasteiger partial charge is 0.462 e. The van der Waals surface area contributed by atoms with Gasteiger partial charge in [-0.3, -0.25) is 14.4 Å². The number of ether oxygens (including phenoxy) is 3. The van der Waals surface area contributed by atoms with E-state index in [2.05, 4.69) is 20.8 Å². The Balaban J connectivity index is 4.20. The van der Waals surface area contributed by atoms with Crippen molar-refractivity contribution in [3.05, 3.63) is 0 Å². The Morgan fingerprint density at radius 2 is 0.466 bits per heavy atom. The average molecular weight is 821 g/mol. The second-order valence-corrected chi connectivity index (χ2v) is 17.8. The van der Waals surface area contributed by atoms with Gasteiger partial charge in [-0.05, 0) is 19.3 Å². The number of unbranched alkanes of at least 4 members (excludes halogenated alkanes) is 37. The number of esters is 3. The Bertz CT molecular complexity index is 859. The molecule has 0 fully saturated rings. The lowest BCUT2D eigenvalue weighted by Gasteiger charge is -2.18. The molecule has 0 aromatic carbocycles. The van der Waals surface area contributed by atoms with Gasteiger partial charge in [-0.2, -0.15) is 0 Å². The zero-order chi connectivity index (χ0) is 42.3. The fourth-order valence-electron chi connectivity index (χ4n) is 7.92. The Morgan fingerprint density at radius 1 is 0.276 bits per heavy atom. The summed E-state index contributed by atoms with van der Waals surface area (Å²) >= 11 is 0. The van der Waals surface area contributed by atoms with Crippen LogP contribution in [0.3, 0.4) is 0 Å². The molecule has 0 spiro atoms. The second-order valence-electron chi connectivity index (χ2n) is 17.8. The summed E-state index contributed by atoms with van der Waals surface area (Å²) in [5, 5.41) is 0. The first-order valence-corrected chi connectivity index (χ1v) is 26.0. The van der Waals surface area contributed by atoms with Gasteiger partial charge in [0.25, 0.3) is 0 Å². The molecule has 6 heteroatoms. The molecule has 58 heavy (non-hydrogen) atoms. The van der Waals surface area contributed by atoms with Gasteiger partial charge >= 0.3 is 17.9 Å². The van der Waals surface area contributed by atoms with Crippen molar-refractivity contribution >= 4 is 17.9 Å². The van der Waals surface area contributed by atoms with E-state index in [4.69, 9.17) is 14.2 Å². The van der Waals surface area contributed by atoms with Crippen molar-refractivity contribution in [2.75, 3.05) is 13.2 Å². The monoisotopic (exact) mass is 821 g/mol. The van der Waals surface area contributed by atoms with Gasteiger partial charge in [-0.25, -0.2) is 0 Å². The fraction of sp³-hybridized carbons (Fsp3) is 0.942. The summed E-state index contributed by atoms with van der Waals surface area (Å²) in [7, 11) is 0. The summed E-state index contributed by atoms with van der Waals surface area (Å²) < 4.78 is 16.8. The molecular weight excluding hydrogens is 721 g/mol. The molecule has 0 N–H and O–H groups in total. The van der Waals surface area contributed by atoms with Crippen molar-refractivity contribution in [2.24, 2.45) is 0 Å². The second kappa shape index (κ2) is 48.1. The molecule has 0 radical (unpaired) electrons. The van der Waals surface area contributed by atoms with Crippen LogP contribution in [-0.2, 0) is 28.6 Å². The predicted octanol–water partition coefficient (Wildman–Crippen LogP) is 16.8. The highest BCUT2D eigenvalue weighted by molar-refractivity contribution is 5.71. The summed E-state index contributed by atoms with van der Waals surface area (Å²) in [5.74, 6) is -0.846. The molecule has 1 unspecified atom stereocenters. The van der Waals surface area contributed by atoms with Gasteiger partial charge in [0.2, 0.25) is 0 Å². The zero-order valence-electron chi connectivity index (χ0n) is 39.3. The third-order valence-electron chi connectivity index (χ3n) is 11.9. The Hall–Kier alpha value is -1.59. The average Bonchev–Trinajstić information content (AvgIpc) is 3.22. The van der Waals surface area contributed by atoms with Crippen LogP contribution in [0.25, 0.3) is 0 Å². The van der Waals surface area contributed by atoms with Crippen LogP contribution in [0.1, 0.15) is 297 Å². The van der Waals surface area contributed by atoms with E-state index in [1.54, 1.807) is 0 Å². The van der Waals surface area contributed by atoms with Crippen molar-refractivity contribution < 1.29 is 28.6 Å². The van der Waals surface area contributed by atoms with Crippen LogP contribution >= 0.6 is 0 Å². The predicted molar refractivity (Wildman–Crippen MR) is 247 cm³/mol. The first-order valence-electron chi connectivity index (χ1n) is 26.0. The highest BCUT2D eigenvalue weighted by atomic mass is 16.6. The van der Waals surface area contributed by atoms with Crippen LogP contribution in [0.15, 0.2) is 0 Å². The Labute approximate surface area is 361 Å². The molecule has 0 amide bonds. The van der Waals surface area contributed by atoms with Crippen LogP contribution in [-0.4, -0.2) is 37.2 Å². The number of hydrogen-bond acceptors (Lipinski definition) is 6. The minimum Gasteiger partial charge on any atom is -0.462 e. The topological polar surface area (TPSA) is 78.9 Å². The minimum atomic E-state index is -0.758. The molecule has 0 aliphatic heterocycles. The van der Waals surface area contributed by atoms with Gasteiger partial charge in [0.15, 0.2) is 6.10 Å². The lowest BCUT2D eigenvalue weighted by Crippen LogP contribution is -2.30. The zero-order valence-corrected chi connectivity index (χ0v) is 39.3. The van der Waals surface area contributed by atoms with Crippen LogP contribution in [0.2, 0.25) is 0 Å². The van der Waals surface area contributed by atoms with E-state index in [-0.39, 0.29) is 31.1 Å². The summed E-state index contributed by atoms with van der Waals surface area (Å²) in [6, 6.07) is 0. The minimum absolute atomic E-state index is 0.0621. The van der Waals surface area contributed by atoms with Gasteiger partial charge in [-0.1, -0.05) is 258 Å². The number of carbonyl (C=O) groups excluding carboxylic acids is 3. The molecule has 0 aromatic rings. The number of rotatable bonds is 48. The maximum atomic E-state index is 12.7. The molecule has 0 rings (SSSR count). The molecule has 0 saturated carbocycles. The van der Waals surface area contributed by atoms with Crippen molar-refractivity contribution in [1.29, 1.82) is 0 Å². The molecule has 1 atom stereocenters. The molecule has 0 saturated heterocycles. The molecule has 0 aliphatic carbocycles. The molecule has 0 aliphatic rings. The van der Waals surface area contributed by atoms with Gasteiger partial charge in [0.05, 0.1) is 0 Å². The molecule has 6 nitrogen and oxygen atoms in total. The molecule has 0 bridgehead atoms. The van der Waals surface area contributed by atoms with E-state index in [1.165, 1.54) is 199 Å². The quantitative estimate of drug-likeness (QED) is 0.0346. The summed E-state index contributed by atoms with van der Waals surface area (Å²) in [6.07, 6.45) is 50.9. The van der Waals surface area contributed by atoms with Gasteiger partial charge in [-0.15, -0.1) is 0 Å². The van der Waals surface area contributed by atoms with Gasteiger partial charge < -0.3 is 14.2 Å².